The zero-order chi connectivity index (χ0) is 26.5. The van der Waals surface area contributed by atoms with Gasteiger partial charge in [-0.1, -0.05) is 60.7 Å². The molecule has 0 aromatic heterocycles. The molecule has 7 heteroatoms. The highest BCUT2D eigenvalue weighted by atomic mass is 79.9. The van der Waals surface area contributed by atoms with Crippen molar-refractivity contribution in [2.24, 2.45) is 0 Å². The molecule has 0 bridgehead atoms. The second-order valence-electron chi connectivity index (χ2n) is 9.03. The maximum atomic E-state index is 13.1. The number of fused-ring (bicyclic) bond motifs is 1. The standard InChI is InChI=1S/C31H25Br2N3O2/c32-28-18-22(19-29(33)30(28)38-21-24-9-6-8-23-7-4-5-12-27(23)24)17-25(20-34)31(37)36-15-13-35(14-16-36)26-10-2-1-3-11-26/h1-12,17-19H,13-16,21H2/b25-17-. The van der Waals surface area contributed by atoms with Gasteiger partial charge >= 0.3 is 0 Å². The second-order valence-corrected chi connectivity index (χ2v) is 10.7. The molecule has 38 heavy (non-hydrogen) atoms. The lowest BCUT2D eigenvalue weighted by molar-refractivity contribution is -0.126. The van der Waals surface area contributed by atoms with Crippen LogP contribution in [-0.4, -0.2) is 37.0 Å². The number of anilines is 1. The molecule has 4 aromatic rings. The van der Waals surface area contributed by atoms with E-state index in [2.05, 4.69) is 79.2 Å². The largest absolute Gasteiger partial charge is 0.487 e. The fraction of sp³-hybridized carbons (Fsp3) is 0.161. The molecule has 5 rings (SSSR count). The molecule has 1 heterocycles. The Balaban J connectivity index is 1.28. The number of benzene rings is 4. The van der Waals surface area contributed by atoms with Crippen molar-refractivity contribution in [3.05, 3.63) is 111 Å². The van der Waals surface area contributed by atoms with Gasteiger partial charge in [-0.25, -0.2) is 0 Å². The summed E-state index contributed by atoms with van der Waals surface area (Å²) in [6, 6.07) is 30.4. The number of para-hydroxylation sites is 1. The van der Waals surface area contributed by atoms with Crippen LogP contribution in [0.25, 0.3) is 16.8 Å². The first-order valence-corrected chi connectivity index (χ1v) is 13.9. The second kappa shape index (κ2) is 11.8. The number of amides is 1. The number of hydrogen-bond donors (Lipinski definition) is 0. The quantitative estimate of drug-likeness (QED) is 0.167. The van der Waals surface area contributed by atoms with E-state index in [-0.39, 0.29) is 11.5 Å². The van der Waals surface area contributed by atoms with E-state index in [1.54, 1.807) is 11.0 Å². The van der Waals surface area contributed by atoms with E-state index in [4.69, 9.17) is 4.74 Å². The molecule has 1 fully saturated rings. The van der Waals surface area contributed by atoms with E-state index in [1.807, 2.05) is 48.5 Å². The first-order valence-electron chi connectivity index (χ1n) is 12.3. The molecule has 1 aliphatic heterocycles. The summed E-state index contributed by atoms with van der Waals surface area (Å²) < 4.78 is 7.65. The van der Waals surface area contributed by atoms with Gasteiger partial charge in [-0.05, 0) is 84.1 Å². The van der Waals surface area contributed by atoms with Crippen LogP contribution in [-0.2, 0) is 11.4 Å². The fourth-order valence-electron chi connectivity index (χ4n) is 4.65. The summed E-state index contributed by atoms with van der Waals surface area (Å²) in [7, 11) is 0. The monoisotopic (exact) mass is 629 g/mol. The fourth-order valence-corrected chi connectivity index (χ4v) is 6.11. The third-order valence-corrected chi connectivity index (χ3v) is 7.80. The molecular weight excluding hydrogens is 606 g/mol. The van der Waals surface area contributed by atoms with Gasteiger partial charge in [0.05, 0.1) is 8.95 Å². The van der Waals surface area contributed by atoms with Crippen molar-refractivity contribution in [3.8, 4) is 11.8 Å². The van der Waals surface area contributed by atoms with Gasteiger partial charge in [-0.2, -0.15) is 5.26 Å². The van der Waals surface area contributed by atoms with E-state index < -0.39 is 0 Å². The van der Waals surface area contributed by atoms with Crippen LogP contribution in [0.3, 0.4) is 0 Å². The number of nitrogens with zero attached hydrogens (tertiary/aromatic N) is 3. The molecule has 5 nitrogen and oxygen atoms in total. The number of carbonyl (C=O) groups excluding carboxylic acids is 1. The first kappa shape index (κ1) is 26.0. The van der Waals surface area contributed by atoms with Gasteiger partial charge in [-0.15, -0.1) is 0 Å². The maximum absolute atomic E-state index is 13.1. The highest BCUT2D eigenvalue weighted by Gasteiger charge is 2.24. The zero-order valence-electron chi connectivity index (χ0n) is 20.6. The highest BCUT2D eigenvalue weighted by molar-refractivity contribution is 9.11. The summed E-state index contributed by atoms with van der Waals surface area (Å²) >= 11 is 7.22. The third-order valence-electron chi connectivity index (χ3n) is 6.62. The molecular formula is C31H25Br2N3O2. The van der Waals surface area contributed by atoms with Crippen molar-refractivity contribution < 1.29 is 9.53 Å². The average Bonchev–Trinajstić information content (AvgIpc) is 2.96. The van der Waals surface area contributed by atoms with E-state index in [1.165, 1.54) is 5.39 Å². The van der Waals surface area contributed by atoms with Gasteiger partial charge in [0.25, 0.3) is 5.91 Å². The summed E-state index contributed by atoms with van der Waals surface area (Å²) in [6.07, 6.45) is 1.63. The van der Waals surface area contributed by atoms with Crippen LogP contribution in [0, 0.1) is 11.3 Å². The highest BCUT2D eigenvalue weighted by Crippen LogP contribution is 2.36. The Bertz CT molecular complexity index is 1510. The van der Waals surface area contributed by atoms with Crippen LogP contribution >= 0.6 is 31.9 Å². The Morgan fingerprint density at radius 3 is 2.26 bits per heavy atom. The minimum Gasteiger partial charge on any atom is -0.487 e. The average molecular weight is 631 g/mol. The van der Waals surface area contributed by atoms with Crippen LogP contribution < -0.4 is 9.64 Å². The minimum absolute atomic E-state index is 0.112. The topological polar surface area (TPSA) is 56.6 Å². The van der Waals surface area contributed by atoms with E-state index in [9.17, 15) is 10.1 Å². The number of rotatable bonds is 6. The van der Waals surface area contributed by atoms with Gasteiger partial charge in [0, 0.05) is 31.9 Å². The van der Waals surface area contributed by atoms with Crippen LogP contribution in [0.2, 0.25) is 0 Å². The van der Waals surface area contributed by atoms with Crippen LogP contribution in [0.15, 0.2) is 99.4 Å². The molecule has 0 spiro atoms. The summed E-state index contributed by atoms with van der Waals surface area (Å²) in [5.74, 6) is 0.417. The van der Waals surface area contributed by atoms with Crippen molar-refractivity contribution in [1.29, 1.82) is 5.26 Å². The van der Waals surface area contributed by atoms with E-state index in [0.717, 1.165) is 44.2 Å². The normalized spacial score (nSPS) is 13.9. The van der Waals surface area contributed by atoms with Gasteiger partial charge in [0.15, 0.2) is 0 Å². The lowest BCUT2D eigenvalue weighted by atomic mass is 10.1. The molecule has 0 atom stereocenters. The third kappa shape index (κ3) is 5.77. The van der Waals surface area contributed by atoms with Gasteiger partial charge in [-0.3, -0.25) is 4.79 Å². The Hall–Kier alpha value is -3.60. The van der Waals surface area contributed by atoms with Crippen LogP contribution in [0.5, 0.6) is 5.75 Å². The van der Waals surface area contributed by atoms with Gasteiger partial charge < -0.3 is 14.5 Å². The molecule has 0 radical (unpaired) electrons. The summed E-state index contributed by atoms with van der Waals surface area (Å²) in [6.45, 7) is 3.01. The number of halogens is 2. The number of ether oxygens (including phenoxy) is 1. The number of hydrogen-bond acceptors (Lipinski definition) is 4. The molecule has 0 unspecified atom stereocenters. The predicted molar refractivity (Wildman–Crippen MR) is 159 cm³/mol. The van der Waals surface area contributed by atoms with Crippen molar-refractivity contribution in [3.63, 3.8) is 0 Å². The molecule has 1 amide bonds. The number of piperazine rings is 1. The van der Waals surface area contributed by atoms with Gasteiger partial charge in [0.1, 0.15) is 24.0 Å². The van der Waals surface area contributed by atoms with Crippen LogP contribution in [0.4, 0.5) is 5.69 Å². The smallest absolute Gasteiger partial charge is 0.264 e. The molecule has 190 valence electrons. The van der Waals surface area contributed by atoms with Crippen LogP contribution in [0.1, 0.15) is 11.1 Å². The molecule has 0 aliphatic carbocycles. The van der Waals surface area contributed by atoms with E-state index >= 15 is 0 Å². The van der Waals surface area contributed by atoms with Crippen molar-refractivity contribution in [2.75, 3.05) is 31.1 Å². The van der Waals surface area contributed by atoms with E-state index in [0.29, 0.717) is 25.4 Å². The minimum atomic E-state index is -0.247. The lowest BCUT2D eigenvalue weighted by Crippen LogP contribution is -2.49. The Kier molecular flexibility index (Phi) is 8.11. The molecule has 4 aromatic carbocycles. The number of carbonyl (C=O) groups is 1. The van der Waals surface area contributed by atoms with Crippen molar-refractivity contribution in [2.45, 2.75) is 6.61 Å². The SMILES string of the molecule is N#C/C(=C/c1cc(Br)c(OCc2cccc3ccccc23)c(Br)c1)C(=O)N1CCN(c2ccccc2)CC1. The Morgan fingerprint density at radius 2 is 1.55 bits per heavy atom. The maximum Gasteiger partial charge on any atom is 0.264 e. The Labute approximate surface area is 239 Å². The zero-order valence-corrected chi connectivity index (χ0v) is 23.8. The molecule has 1 saturated heterocycles. The van der Waals surface area contributed by atoms with Crippen molar-refractivity contribution >= 4 is 60.3 Å². The summed E-state index contributed by atoms with van der Waals surface area (Å²) in [4.78, 5) is 17.2. The first-order chi connectivity index (χ1) is 18.5. The predicted octanol–water partition coefficient (Wildman–Crippen LogP) is 7.20. The Morgan fingerprint density at radius 1 is 0.895 bits per heavy atom. The molecule has 0 saturated carbocycles. The van der Waals surface area contributed by atoms with Crippen molar-refractivity contribution in [1.82, 2.24) is 4.90 Å². The number of nitriles is 1. The lowest BCUT2D eigenvalue weighted by Gasteiger charge is -2.36. The molecule has 1 aliphatic rings. The van der Waals surface area contributed by atoms with Gasteiger partial charge in [0.2, 0.25) is 0 Å². The summed E-state index contributed by atoms with van der Waals surface area (Å²) in [5, 5.41) is 12.1. The summed E-state index contributed by atoms with van der Waals surface area (Å²) in [5.41, 5.74) is 3.08. The molecule has 0 N–H and O–H groups in total.